The molecule has 0 aliphatic heterocycles. The molecule has 0 radical (unpaired) electrons. The van der Waals surface area contributed by atoms with Crippen molar-refractivity contribution >= 4 is 17.3 Å². The summed E-state index contributed by atoms with van der Waals surface area (Å²) in [4.78, 5) is 16.3. The first-order valence-corrected chi connectivity index (χ1v) is 7.28. The molecule has 5 heteroatoms. The Morgan fingerprint density at radius 2 is 2.10 bits per heavy atom. The summed E-state index contributed by atoms with van der Waals surface area (Å²) in [5.74, 6) is -0.901. The summed E-state index contributed by atoms with van der Waals surface area (Å²) in [6.45, 7) is 3.86. The number of aliphatic carboxylic acids is 1. The molecule has 4 nitrogen and oxygen atoms in total. The van der Waals surface area contributed by atoms with Gasteiger partial charge in [-0.1, -0.05) is 24.3 Å². The Morgan fingerprint density at radius 3 is 2.60 bits per heavy atom. The first kappa shape index (κ1) is 14.7. The van der Waals surface area contributed by atoms with Crippen molar-refractivity contribution in [3.05, 3.63) is 51.5 Å². The van der Waals surface area contributed by atoms with Crippen molar-refractivity contribution in [3.8, 4) is 0 Å². The van der Waals surface area contributed by atoms with Crippen molar-refractivity contribution in [3.63, 3.8) is 0 Å². The molecule has 0 saturated heterocycles. The number of hydrogen-bond donors (Lipinski definition) is 2. The van der Waals surface area contributed by atoms with Crippen molar-refractivity contribution in [2.24, 2.45) is 5.73 Å². The highest BCUT2D eigenvalue weighted by atomic mass is 32.1. The summed E-state index contributed by atoms with van der Waals surface area (Å²) in [5.41, 5.74) is 7.36. The van der Waals surface area contributed by atoms with Crippen molar-refractivity contribution in [1.29, 1.82) is 0 Å². The van der Waals surface area contributed by atoms with Gasteiger partial charge in [0.1, 0.15) is 5.41 Å². The van der Waals surface area contributed by atoms with Gasteiger partial charge in [0, 0.05) is 24.0 Å². The summed E-state index contributed by atoms with van der Waals surface area (Å²) in [6.07, 6.45) is 0.322. The van der Waals surface area contributed by atoms with Crippen LogP contribution in [0.2, 0.25) is 0 Å². The lowest BCUT2D eigenvalue weighted by Crippen LogP contribution is -2.45. The predicted molar refractivity (Wildman–Crippen MR) is 80.1 cm³/mol. The summed E-state index contributed by atoms with van der Waals surface area (Å²) in [5, 5.41) is 12.5. The van der Waals surface area contributed by atoms with Gasteiger partial charge in [0.2, 0.25) is 0 Å². The van der Waals surface area contributed by atoms with E-state index in [9.17, 15) is 9.90 Å². The number of aryl methyl sites for hydroxylation is 2. The quantitative estimate of drug-likeness (QED) is 0.885. The van der Waals surface area contributed by atoms with E-state index in [4.69, 9.17) is 5.73 Å². The number of nitrogens with zero attached hydrogens (tertiary/aromatic N) is 1. The van der Waals surface area contributed by atoms with E-state index in [-0.39, 0.29) is 6.54 Å². The molecule has 0 amide bonds. The standard InChI is InChI=1S/C15H18N2O2S/c1-10-5-3-4-6-12(10)15(9-16,14(18)19)7-13-17-11(2)8-20-13/h3-6,8H,7,9,16H2,1-2H3,(H,18,19). The highest BCUT2D eigenvalue weighted by Crippen LogP contribution is 2.31. The van der Waals surface area contributed by atoms with Crippen LogP contribution in [0.3, 0.4) is 0 Å². The van der Waals surface area contributed by atoms with Crippen LogP contribution in [0.25, 0.3) is 0 Å². The number of nitrogens with two attached hydrogens (primary N) is 1. The zero-order chi connectivity index (χ0) is 14.8. The first-order valence-electron chi connectivity index (χ1n) is 6.40. The van der Waals surface area contributed by atoms with Crippen LogP contribution in [0.5, 0.6) is 0 Å². The van der Waals surface area contributed by atoms with Crippen molar-refractivity contribution in [1.82, 2.24) is 4.98 Å². The molecule has 2 aromatic rings. The van der Waals surface area contributed by atoms with Gasteiger partial charge in [0.15, 0.2) is 0 Å². The molecule has 106 valence electrons. The fourth-order valence-electron chi connectivity index (χ4n) is 2.41. The van der Waals surface area contributed by atoms with Crippen LogP contribution in [0, 0.1) is 13.8 Å². The highest BCUT2D eigenvalue weighted by Gasteiger charge is 2.41. The van der Waals surface area contributed by atoms with E-state index in [1.807, 2.05) is 43.5 Å². The van der Waals surface area contributed by atoms with Gasteiger partial charge < -0.3 is 10.8 Å². The molecule has 1 aromatic heterocycles. The molecule has 0 aliphatic carbocycles. The Balaban J connectivity index is 2.51. The molecule has 0 aliphatic rings. The number of thiazole rings is 1. The number of carboxylic acid groups (broad SMARTS) is 1. The van der Waals surface area contributed by atoms with E-state index in [1.165, 1.54) is 11.3 Å². The number of hydrogen-bond acceptors (Lipinski definition) is 4. The SMILES string of the molecule is Cc1csc(CC(CN)(C(=O)O)c2ccccc2C)n1. The molecule has 0 saturated carbocycles. The van der Waals surface area contributed by atoms with E-state index in [1.54, 1.807) is 0 Å². The van der Waals surface area contributed by atoms with Gasteiger partial charge in [-0.3, -0.25) is 4.79 Å². The molecule has 3 N–H and O–H groups in total. The second-order valence-electron chi connectivity index (χ2n) is 4.97. The van der Waals surface area contributed by atoms with Gasteiger partial charge in [-0.15, -0.1) is 11.3 Å². The Kier molecular flexibility index (Phi) is 4.20. The third-order valence-corrected chi connectivity index (χ3v) is 4.50. The number of aromatic nitrogens is 1. The minimum atomic E-state index is -1.12. The Hall–Kier alpha value is -1.72. The van der Waals surface area contributed by atoms with Crippen LogP contribution in [-0.2, 0) is 16.6 Å². The lowest BCUT2D eigenvalue weighted by Gasteiger charge is -2.29. The number of rotatable bonds is 5. The minimum Gasteiger partial charge on any atom is -0.481 e. The average molecular weight is 290 g/mol. The number of benzene rings is 1. The Morgan fingerprint density at radius 1 is 1.40 bits per heavy atom. The third-order valence-electron chi connectivity index (χ3n) is 3.54. The van der Waals surface area contributed by atoms with Crippen molar-refractivity contribution in [2.75, 3.05) is 6.54 Å². The van der Waals surface area contributed by atoms with Gasteiger partial charge in [0.25, 0.3) is 0 Å². The molecule has 1 unspecified atom stereocenters. The Bertz CT molecular complexity index is 624. The number of carbonyl (C=O) groups is 1. The zero-order valence-corrected chi connectivity index (χ0v) is 12.4. The molecule has 0 spiro atoms. The van der Waals surface area contributed by atoms with Crippen LogP contribution < -0.4 is 5.73 Å². The topological polar surface area (TPSA) is 76.2 Å². The predicted octanol–water partition coefficient (Wildman–Crippen LogP) is 2.28. The normalized spacial score (nSPS) is 13.9. The maximum absolute atomic E-state index is 11.9. The van der Waals surface area contributed by atoms with Gasteiger partial charge >= 0.3 is 5.97 Å². The van der Waals surface area contributed by atoms with Crippen molar-refractivity contribution < 1.29 is 9.90 Å². The molecule has 20 heavy (non-hydrogen) atoms. The molecule has 2 rings (SSSR count). The second-order valence-corrected chi connectivity index (χ2v) is 5.91. The van der Waals surface area contributed by atoms with Crippen molar-refractivity contribution in [2.45, 2.75) is 25.7 Å². The van der Waals surface area contributed by atoms with Crippen LogP contribution in [0.4, 0.5) is 0 Å². The fraction of sp³-hybridized carbons (Fsp3) is 0.333. The van der Waals surface area contributed by atoms with E-state index in [0.717, 1.165) is 21.8 Å². The largest absolute Gasteiger partial charge is 0.481 e. The lowest BCUT2D eigenvalue weighted by molar-refractivity contribution is -0.143. The zero-order valence-electron chi connectivity index (χ0n) is 11.6. The molecule has 1 aromatic carbocycles. The van der Waals surface area contributed by atoms with Gasteiger partial charge in [-0.25, -0.2) is 4.98 Å². The summed E-state index contributed by atoms with van der Waals surface area (Å²) >= 11 is 1.48. The molecule has 1 atom stereocenters. The fourth-order valence-corrected chi connectivity index (χ4v) is 3.29. The van der Waals surface area contributed by atoms with Gasteiger partial charge in [-0.05, 0) is 25.0 Å². The molecule has 0 fully saturated rings. The van der Waals surface area contributed by atoms with Crippen LogP contribution in [0.1, 0.15) is 21.8 Å². The van der Waals surface area contributed by atoms with Gasteiger partial charge in [0.05, 0.1) is 5.01 Å². The third kappa shape index (κ3) is 2.59. The lowest BCUT2D eigenvalue weighted by atomic mass is 9.76. The maximum Gasteiger partial charge on any atom is 0.315 e. The molecule has 0 bridgehead atoms. The Labute approximate surface area is 122 Å². The average Bonchev–Trinajstić information content (AvgIpc) is 2.82. The molecule has 1 heterocycles. The smallest absolute Gasteiger partial charge is 0.315 e. The van der Waals surface area contributed by atoms with Crippen LogP contribution in [-0.4, -0.2) is 22.6 Å². The monoisotopic (exact) mass is 290 g/mol. The highest BCUT2D eigenvalue weighted by molar-refractivity contribution is 7.09. The minimum absolute atomic E-state index is 0.0474. The molecular weight excluding hydrogens is 272 g/mol. The van der Waals surface area contributed by atoms with E-state index in [2.05, 4.69) is 4.98 Å². The van der Waals surface area contributed by atoms with Crippen LogP contribution in [0.15, 0.2) is 29.6 Å². The first-order chi connectivity index (χ1) is 9.49. The maximum atomic E-state index is 11.9. The summed E-state index contributed by atoms with van der Waals surface area (Å²) < 4.78 is 0. The molecular formula is C15H18N2O2S. The summed E-state index contributed by atoms with van der Waals surface area (Å²) in [6, 6.07) is 7.50. The van der Waals surface area contributed by atoms with Gasteiger partial charge in [-0.2, -0.15) is 0 Å². The van der Waals surface area contributed by atoms with E-state index in [0.29, 0.717) is 6.42 Å². The summed E-state index contributed by atoms with van der Waals surface area (Å²) in [7, 11) is 0. The van der Waals surface area contributed by atoms with Crippen LogP contribution >= 0.6 is 11.3 Å². The van der Waals surface area contributed by atoms with E-state index >= 15 is 0 Å². The number of carboxylic acids is 1. The second kappa shape index (κ2) is 5.73. The van der Waals surface area contributed by atoms with E-state index < -0.39 is 11.4 Å².